The third kappa shape index (κ3) is 3.36. The van der Waals surface area contributed by atoms with Gasteiger partial charge in [-0.05, 0) is 12.1 Å². The molecular weight excluding hydrogens is 328 g/mol. The Labute approximate surface area is 125 Å². The van der Waals surface area contributed by atoms with Gasteiger partial charge in [0, 0.05) is 19.7 Å². The van der Waals surface area contributed by atoms with E-state index < -0.39 is 11.9 Å². The molecule has 1 rings (SSSR count). The molecule has 7 heteroatoms. The smallest absolute Gasteiger partial charge is 0.338 e. The van der Waals surface area contributed by atoms with Crippen molar-refractivity contribution in [3.05, 3.63) is 34.9 Å². The number of hydrogen-bond donors (Lipinski definition) is 0. The Morgan fingerprint density at radius 3 is 2.10 bits per heavy atom. The first-order valence-electron chi connectivity index (χ1n) is 5.63. The lowest BCUT2D eigenvalue weighted by atomic mass is 10.0. The average Bonchev–Trinajstić information content (AvgIpc) is 2.45. The molecule has 0 aliphatic carbocycles. The molecule has 0 unspecified atom stereocenters. The molecule has 108 valence electrons. The summed E-state index contributed by atoms with van der Waals surface area (Å²) in [6.45, 7) is 0. The minimum Gasteiger partial charge on any atom is -0.465 e. The summed E-state index contributed by atoms with van der Waals surface area (Å²) < 4.78 is 13.3. The molecule has 6 nitrogen and oxygen atoms in total. The van der Waals surface area contributed by atoms with E-state index in [0.29, 0.717) is 11.4 Å². The van der Waals surface area contributed by atoms with Crippen LogP contribution in [-0.4, -0.2) is 51.0 Å². The highest BCUT2D eigenvalue weighted by Crippen LogP contribution is 2.16. The van der Waals surface area contributed by atoms with Crippen LogP contribution in [0.5, 0.6) is 0 Å². The number of esters is 2. The van der Waals surface area contributed by atoms with Crippen LogP contribution in [0.2, 0.25) is 0 Å². The van der Waals surface area contributed by atoms with Crippen LogP contribution < -0.4 is 0 Å². The van der Waals surface area contributed by atoms with Gasteiger partial charge in [-0.25, -0.2) is 9.59 Å². The highest BCUT2D eigenvalue weighted by atomic mass is 79.9. The quantitative estimate of drug-likeness (QED) is 0.476. The minimum atomic E-state index is -0.611. The monoisotopic (exact) mass is 342 g/mol. The highest BCUT2D eigenvalue weighted by molar-refractivity contribution is 9.08. The van der Waals surface area contributed by atoms with E-state index in [1.165, 1.54) is 26.4 Å². The van der Waals surface area contributed by atoms with Crippen molar-refractivity contribution < 1.29 is 19.1 Å². The van der Waals surface area contributed by atoms with E-state index in [0.717, 1.165) is 0 Å². The summed E-state index contributed by atoms with van der Waals surface area (Å²) in [7, 11) is 6.13. The zero-order chi connectivity index (χ0) is 15.3. The summed E-state index contributed by atoms with van der Waals surface area (Å²) in [5.74, 6) is -0.606. The number of carbonyl (C=O) groups excluding carboxylic acids is 2. The maximum absolute atomic E-state index is 11.8. The van der Waals surface area contributed by atoms with Crippen LogP contribution in [0.4, 0.5) is 0 Å². The predicted octanol–water partition coefficient (Wildman–Crippen LogP) is 1.88. The Balaban J connectivity index is 3.42. The fraction of sp³-hybridized carbons (Fsp3) is 0.308. The van der Waals surface area contributed by atoms with Crippen LogP contribution in [0.15, 0.2) is 22.2 Å². The number of rotatable bonds is 3. The average molecular weight is 343 g/mol. The molecule has 0 aromatic heterocycles. The Morgan fingerprint density at radius 1 is 1.10 bits per heavy atom. The van der Waals surface area contributed by atoms with Crippen molar-refractivity contribution in [3.8, 4) is 0 Å². The number of amidine groups is 1. The Morgan fingerprint density at radius 2 is 1.65 bits per heavy atom. The number of nitrogens with zero attached hydrogens (tertiary/aromatic N) is 2. The van der Waals surface area contributed by atoms with E-state index in [-0.39, 0.29) is 11.1 Å². The van der Waals surface area contributed by atoms with Gasteiger partial charge in [-0.3, -0.25) is 0 Å². The molecule has 0 fully saturated rings. The molecule has 0 aliphatic rings. The summed E-state index contributed by atoms with van der Waals surface area (Å²) >= 11 is 3.03. The third-order valence-corrected chi connectivity index (χ3v) is 2.93. The number of halogens is 1. The van der Waals surface area contributed by atoms with Crippen molar-refractivity contribution >= 4 is 33.9 Å². The highest BCUT2D eigenvalue weighted by Gasteiger charge is 2.20. The van der Waals surface area contributed by atoms with E-state index >= 15 is 0 Å². The molecular formula is C13H15BrN2O4. The zero-order valence-corrected chi connectivity index (χ0v) is 13.2. The predicted molar refractivity (Wildman–Crippen MR) is 78.3 cm³/mol. The fourth-order valence-electron chi connectivity index (χ4n) is 1.63. The lowest BCUT2D eigenvalue weighted by Gasteiger charge is -2.16. The van der Waals surface area contributed by atoms with Gasteiger partial charge in [-0.15, -0.1) is 0 Å². The summed E-state index contributed by atoms with van der Waals surface area (Å²) in [6.07, 6.45) is 0. The van der Waals surface area contributed by atoms with E-state index in [1.807, 2.05) is 14.1 Å². The molecule has 0 saturated heterocycles. The minimum absolute atomic E-state index is 0.132. The molecule has 1 aromatic carbocycles. The molecule has 0 aliphatic heterocycles. The lowest BCUT2D eigenvalue weighted by molar-refractivity contribution is 0.0555. The second kappa shape index (κ2) is 7.04. The Bertz CT molecular complexity index is 555. The molecule has 0 N–H and O–H groups in total. The lowest BCUT2D eigenvalue weighted by Crippen LogP contribution is -2.23. The maximum atomic E-state index is 11.8. The van der Waals surface area contributed by atoms with Crippen LogP contribution in [-0.2, 0) is 9.47 Å². The van der Waals surface area contributed by atoms with Gasteiger partial charge in [0.05, 0.1) is 41.5 Å². The van der Waals surface area contributed by atoms with Gasteiger partial charge in [0.15, 0.2) is 0 Å². The molecule has 0 saturated carbocycles. The van der Waals surface area contributed by atoms with E-state index in [9.17, 15) is 9.59 Å². The van der Waals surface area contributed by atoms with Crippen LogP contribution in [0.1, 0.15) is 26.3 Å². The third-order valence-electron chi connectivity index (χ3n) is 2.59. The summed E-state index contributed by atoms with van der Waals surface area (Å²) in [5, 5.41) is 0. The zero-order valence-electron chi connectivity index (χ0n) is 11.6. The van der Waals surface area contributed by atoms with Crippen molar-refractivity contribution in [2.45, 2.75) is 0 Å². The van der Waals surface area contributed by atoms with E-state index in [1.54, 1.807) is 11.0 Å². The van der Waals surface area contributed by atoms with Gasteiger partial charge in [0.1, 0.15) is 5.84 Å². The number of methoxy groups -OCH3 is 2. The first kappa shape index (κ1) is 16.2. The molecule has 0 heterocycles. The van der Waals surface area contributed by atoms with Gasteiger partial charge in [-0.1, -0.05) is 6.07 Å². The second-order valence-corrected chi connectivity index (χ2v) is 4.40. The first-order valence-corrected chi connectivity index (χ1v) is 6.34. The van der Waals surface area contributed by atoms with Crippen LogP contribution in [0.3, 0.4) is 0 Å². The van der Waals surface area contributed by atoms with Gasteiger partial charge in [0.2, 0.25) is 0 Å². The van der Waals surface area contributed by atoms with Gasteiger partial charge >= 0.3 is 11.9 Å². The molecule has 0 amide bonds. The molecule has 0 atom stereocenters. The van der Waals surface area contributed by atoms with Crippen LogP contribution in [0, 0.1) is 0 Å². The number of ether oxygens (including phenoxy) is 2. The van der Waals surface area contributed by atoms with E-state index in [2.05, 4.69) is 29.6 Å². The normalized spacial score (nSPS) is 10.9. The van der Waals surface area contributed by atoms with Crippen molar-refractivity contribution in [2.24, 2.45) is 4.02 Å². The molecule has 0 bridgehead atoms. The standard InChI is InChI=1S/C13H15BrN2O4/c1-16(2)11(15-14)8-5-6-9(12(17)19-3)10(7-8)13(18)20-4/h5-7H,1-4H3/b15-11-. The van der Waals surface area contributed by atoms with Crippen LogP contribution >= 0.6 is 16.1 Å². The Hall–Kier alpha value is -1.89. The van der Waals surface area contributed by atoms with Gasteiger partial charge in [-0.2, -0.15) is 4.02 Å². The van der Waals surface area contributed by atoms with E-state index in [4.69, 9.17) is 0 Å². The van der Waals surface area contributed by atoms with Crippen molar-refractivity contribution in [1.29, 1.82) is 0 Å². The molecule has 1 aromatic rings. The summed E-state index contributed by atoms with van der Waals surface area (Å²) in [6, 6.07) is 4.73. The van der Waals surface area contributed by atoms with Crippen molar-refractivity contribution in [2.75, 3.05) is 28.3 Å². The first-order chi connectivity index (χ1) is 9.46. The summed E-state index contributed by atoms with van der Waals surface area (Å²) in [4.78, 5) is 25.2. The molecule has 0 radical (unpaired) electrons. The number of hydrogen-bond acceptors (Lipinski definition) is 5. The largest absolute Gasteiger partial charge is 0.465 e. The van der Waals surface area contributed by atoms with Crippen molar-refractivity contribution in [1.82, 2.24) is 4.90 Å². The fourth-order valence-corrected chi connectivity index (χ4v) is 2.15. The molecule has 20 heavy (non-hydrogen) atoms. The number of carbonyl (C=O) groups is 2. The molecule has 0 spiro atoms. The topological polar surface area (TPSA) is 68.2 Å². The number of benzene rings is 1. The van der Waals surface area contributed by atoms with Crippen molar-refractivity contribution in [3.63, 3.8) is 0 Å². The second-order valence-electron chi connectivity index (χ2n) is 4.05. The van der Waals surface area contributed by atoms with Gasteiger partial charge < -0.3 is 14.4 Å². The summed E-state index contributed by atoms with van der Waals surface area (Å²) in [5.41, 5.74) is 0.947. The SMILES string of the molecule is COC(=O)c1ccc(/C(=N/Br)N(C)C)cc1C(=O)OC. The van der Waals surface area contributed by atoms with Gasteiger partial charge in [0.25, 0.3) is 0 Å². The van der Waals surface area contributed by atoms with Crippen LogP contribution in [0.25, 0.3) is 0 Å². The maximum Gasteiger partial charge on any atom is 0.338 e. The Kier molecular flexibility index (Phi) is 5.69.